The fourth-order valence-corrected chi connectivity index (χ4v) is 3.46. The number of carbonyl (C=O) groups is 1. The van der Waals surface area contributed by atoms with Crippen LogP contribution in [0.5, 0.6) is 0 Å². The van der Waals surface area contributed by atoms with Gasteiger partial charge in [0.2, 0.25) is 0 Å². The van der Waals surface area contributed by atoms with Gasteiger partial charge in [0.05, 0.1) is 5.69 Å². The lowest BCUT2D eigenvalue weighted by atomic mass is 10.2. The molecule has 148 valence electrons. The highest BCUT2D eigenvalue weighted by Gasteiger charge is 2.23. The zero-order valence-corrected chi connectivity index (χ0v) is 16.1. The standard InChI is InChI=1S/C23H23FN4O/c24-20-8-4-5-9-21(20)26-19-10-11-25-22(16-19)23(29)28-14-12-27(13-15-28)17-18-6-2-1-3-7-18/h1-11,16H,12-15,17H2,(H,25,26). The number of piperazine rings is 1. The molecule has 0 bridgehead atoms. The van der Waals surface area contributed by atoms with E-state index >= 15 is 0 Å². The smallest absolute Gasteiger partial charge is 0.272 e. The van der Waals surface area contributed by atoms with Crippen LogP contribution in [0, 0.1) is 5.82 Å². The molecule has 0 spiro atoms. The van der Waals surface area contributed by atoms with Crippen LogP contribution in [-0.2, 0) is 6.54 Å². The highest BCUT2D eigenvalue weighted by Crippen LogP contribution is 2.20. The SMILES string of the molecule is O=C(c1cc(Nc2ccccc2F)ccn1)N1CCN(Cc2ccccc2)CC1. The Kier molecular flexibility index (Phi) is 5.81. The molecule has 0 atom stereocenters. The van der Waals surface area contributed by atoms with Crippen LogP contribution in [-0.4, -0.2) is 46.9 Å². The van der Waals surface area contributed by atoms with Crippen LogP contribution in [0.2, 0.25) is 0 Å². The molecule has 1 saturated heterocycles. The van der Waals surface area contributed by atoms with Gasteiger partial charge >= 0.3 is 0 Å². The summed E-state index contributed by atoms with van der Waals surface area (Å²) in [4.78, 5) is 21.3. The highest BCUT2D eigenvalue weighted by atomic mass is 19.1. The van der Waals surface area contributed by atoms with Gasteiger partial charge in [0.25, 0.3) is 5.91 Å². The third kappa shape index (κ3) is 4.78. The number of hydrogen-bond donors (Lipinski definition) is 1. The van der Waals surface area contributed by atoms with Crippen molar-refractivity contribution in [3.05, 3.63) is 90.0 Å². The molecule has 0 radical (unpaired) electrons. The average Bonchev–Trinajstić information content (AvgIpc) is 2.76. The number of benzene rings is 2. The second-order valence-corrected chi connectivity index (χ2v) is 7.09. The lowest BCUT2D eigenvalue weighted by Crippen LogP contribution is -2.48. The second kappa shape index (κ2) is 8.84. The number of hydrogen-bond acceptors (Lipinski definition) is 4. The van der Waals surface area contributed by atoms with Crippen molar-refractivity contribution >= 4 is 17.3 Å². The molecule has 1 aliphatic heterocycles. The van der Waals surface area contributed by atoms with Crippen molar-refractivity contribution in [3.8, 4) is 0 Å². The van der Waals surface area contributed by atoms with Gasteiger partial charge in [-0.3, -0.25) is 14.7 Å². The molecular weight excluding hydrogens is 367 g/mol. The number of para-hydroxylation sites is 1. The number of nitrogens with one attached hydrogen (secondary N) is 1. The molecule has 1 N–H and O–H groups in total. The summed E-state index contributed by atoms with van der Waals surface area (Å²) in [7, 11) is 0. The van der Waals surface area contributed by atoms with Gasteiger partial charge < -0.3 is 10.2 Å². The maximum absolute atomic E-state index is 13.9. The highest BCUT2D eigenvalue weighted by molar-refractivity contribution is 5.93. The fraction of sp³-hybridized carbons (Fsp3) is 0.217. The van der Waals surface area contributed by atoms with Gasteiger partial charge in [0.1, 0.15) is 11.5 Å². The zero-order chi connectivity index (χ0) is 20.1. The van der Waals surface area contributed by atoms with E-state index in [-0.39, 0.29) is 11.7 Å². The molecule has 1 aliphatic rings. The summed E-state index contributed by atoms with van der Waals surface area (Å²) >= 11 is 0. The normalized spacial score (nSPS) is 14.6. The van der Waals surface area contributed by atoms with Crippen molar-refractivity contribution < 1.29 is 9.18 Å². The zero-order valence-electron chi connectivity index (χ0n) is 16.1. The molecule has 4 rings (SSSR count). The Hall–Kier alpha value is -3.25. The molecule has 1 amide bonds. The topological polar surface area (TPSA) is 48.5 Å². The molecule has 1 aromatic heterocycles. The number of amides is 1. The van der Waals surface area contributed by atoms with Crippen molar-refractivity contribution in [2.24, 2.45) is 0 Å². The minimum atomic E-state index is -0.341. The third-order valence-electron chi connectivity index (χ3n) is 5.04. The number of carbonyl (C=O) groups excluding carboxylic acids is 1. The van der Waals surface area contributed by atoms with E-state index in [2.05, 4.69) is 27.3 Å². The summed E-state index contributed by atoms with van der Waals surface area (Å²) in [5.74, 6) is -0.437. The van der Waals surface area contributed by atoms with Gasteiger partial charge in [-0.1, -0.05) is 42.5 Å². The molecule has 0 aliphatic carbocycles. The number of rotatable bonds is 5. The molecule has 1 fully saturated rings. The van der Waals surface area contributed by atoms with Gasteiger partial charge in [-0.15, -0.1) is 0 Å². The molecule has 2 aromatic carbocycles. The van der Waals surface area contributed by atoms with Crippen LogP contribution >= 0.6 is 0 Å². The number of halogens is 1. The van der Waals surface area contributed by atoms with Crippen LogP contribution in [0.15, 0.2) is 72.9 Å². The van der Waals surface area contributed by atoms with Crippen LogP contribution in [0.4, 0.5) is 15.8 Å². The molecule has 5 nitrogen and oxygen atoms in total. The Morgan fingerprint density at radius 3 is 2.45 bits per heavy atom. The summed E-state index contributed by atoms with van der Waals surface area (Å²) < 4.78 is 13.9. The Bertz CT molecular complexity index is 971. The number of pyridine rings is 1. The molecule has 29 heavy (non-hydrogen) atoms. The summed E-state index contributed by atoms with van der Waals surface area (Å²) in [5.41, 5.74) is 2.64. The van der Waals surface area contributed by atoms with E-state index < -0.39 is 0 Å². The van der Waals surface area contributed by atoms with E-state index in [9.17, 15) is 9.18 Å². The number of aromatic nitrogens is 1. The lowest BCUT2D eigenvalue weighted by molar-refractivity contribution is 0.0623. The number of anilines is 2. The Morgan fingerprint density at radius 2 is 1.69 bits per heavy atom. The molecule has 2 heterocycles. The van der Waals surface area contributed by atoms with Crippen molar-refractivity contribution in [1.82, 2.24) is 14.8 Å². The summed E-state index contributed by atoms with van der Waals surface area (Å²) in [6, 6.07) is 20.2. The van der Waals surface area contributed by atoms with Crippen LogP contribution in [0.25, 0.3) is 0 Å². The Labute approximate surface area is 169 Å². The van der Waals surface area contributed by atoms with E-state index in [1.165, 1.54) is 11.6 Å². The largest absolute Gasteiger partial charge is 0.353 e. The van der Waals surface area contributed by atoms with Crippen molar-refractivity contribution in [2.75, 3.05) is 31.5 Å². The van der Waals surface area contributed by atoms with E-state index in [1.54, 1.807) is 36.5 Å². The first-order valence-electron chi connectivity index (χ1n) is 9.72. The maximum atomic E-state index is 13.9. The first kappa shape index (κ1) is 19.1. The molecule has 0 saturated carbocycles. The van der Waals surface area contributed by atoms with Crippen LogP contribution in [0.3, 0.4) is 0 Å². The average molecular weight is 390 g/mol. The maximum Gasteiger partial charge on any atom is 0.272 e. The Morgan fingerprint density at radius 1 is 0.966 bits per heavy atom. The lowest BCUT2D eigenvalue weighted by Gasteiger charge is -2.34. The van der Waals surface area contributed by atoms with E-state index in [0.717, 1.165) is 19.6 Å². The van der Waals surface area contributed by atoms with Gasteiger partial charge in [0.15, 0.2) is 0 Å². The van der Waals surface area contributed by atoms with Gasteiger partial charge in [-0.25, -0.2) is 4.39 Å². The molecule has 0 unspecified atom stereocenters. The minimum absolute atomic E-state index is 0.0958. The van der Waals surface area contributed by atoms with Gasteiger partial charge in [-0.2, -0.15) is 0 Å². The summed E-state index contributed by atoms with van der Waals surface area (Å²) in [6.07, 6.45) is 1.57. The van der Waals surface area contributed by atoms with Crippen molar-refractivity contribution in [1.29, 1.82) is 0 Å². The summed E-state index contributed by atoms with van der Waals surface area (Å²) in [6.45, 7) is 3.88. The van der Waals surface area contributed by atoms with Gasteiger partial charge in [0, 0.05) is 44.6 Å². The fourth-order valence-electron chi connectivity index (χ4n) is 3.46. The van der Waals surface area contributed by atoms with Crippen molar-refractivity contribution in [2.45, 2.75) is 6.54 Å². The minimum Gasteiger partial charge on any atom is -0.353 e. The van der Waals surface area contributed by atoms with Crippen LogP contribution < -0.4 is 5.32 Å². The van der Waals surface area contributed by atoms with Gasteiger partial charge in [-0.05, 0) is 29.8 Å². The quantitative estimate of drug-likeness (QED) is 0.717. The molecule has 3 aromatic rings. The van der Waals surface area contributed by atoms with E-state index in [4.69, 9.17) is 0 Å². The molecule has 6 heteroatoms. The number of nitrogens with zero attached hydrogens (tertiary/aromatic N) is 3. The van der Waals surface area contributed by atoms with E-state index in [0.29, 0.717) is 30.2 Å². The predicted molar refractivity (Wildman–Crippen MR) is 112 cm³/mol. The van der Waals surface area contributed by atoms with Crippen molar-refractivity contribution in [3.63, 3.8) is 0 Å². The second-order valence-electron chi connectivity index (χ2n) is 7.09. The Balaban J connectivity index is 1.37. The third-order valence-corrected chi connectivity index (χ3v) is 5.04. The summed E-state index contributed by atoms with van der Waals surface area (Å²) in [5, 5.41) is 3.01. The van der Waals surface area contributed by atoms with Crippen LogP contribution in [0.1, 0.15) is 16.1 Å². The van der Waals surface area contributed by atoms with E-state index in [1.807, 2.05) is 23.1 Å². The predicted octanol–water partition coefficient (Wildman–Crippen LogP) is 3.92. The first-order chi connectivity index (χ1) is 14.2. The molecular formula is C23H23FN4O. The first-order valence-corrected chi connectivity index (χ1v) is 9.72. The monoisotopic (exact) mass is 390 g/mol.